The van der Waals surface area contributed by atoms with E-state index in [1.165, 1.54) is 19.4 Å². The summed E-state index contributed by atoms with van der Waals surface area (Å²) in [6.45, 7) is 2.18. The van der Waals surface area contributed by atoms with E-state index in [2.05, 4.69) is 9.71 Å². The van der Waals surface area contributed by atoms with E-state index in [0.717, 1.165) is 11.1 Å². The van der Waals surface area contributed by atoms with E-state index >= 15 is 0 Å². The molecule has 3 N–H and O–H groups in total. The van der Waals surface area contributed by atoms with Crippen LogP contribution in [0.5, 0.6) is 5.75 Å². The molecular formula is C14H17N3O3S. The lowest BCUT2D eigenvalue weighted by Crippen LogP contribution is -2.15. The molecule has 1 heterocycles. The van der Waals surface area contributed by atoms with Gasteiger partial charge in [-0.05, 0) is 36.2 Å². The van der Waals surface area contributed by atoms with Crippen molar-refractivity contribution < 1.29 is 13.2 Å². The number of aromatic nitrogens is 1. The van der Waals surface area contributed by atoms with Crippen LogP contribution in [0.1, 0.15) is 11.1 Å². The number of hydrogen-bond donors (Lipinski definition) is 2. The topological polar surface area (TPSA) is 94.3 Å². The molecule has 21 heavy (non-hydrogen) atoms. The monoisotopic (exact) mass is 307 g/mol. The van der Waals surface area contributed by atoms with E-state index in [1.807, 2.05) is 13.0 Å². The number of rotatable bonds is 5. The average Bonchev–Trinajstić information content (AvgIpc) is 2.47. The first kappa shape index (κ1) is 15.3. The second kappa shape index (κ2) is 6.11. The van der Waals surface area contributed by atoms with E-state index < -0.39 is 10.0 Å². The first-order valence-electron chi connectivity index (χ1n) is 6.28. The molecule has 0 saturated carbocycles. The molecule has 112 valence electrons. The van der Waals surface area contributed by atoms with Crippen molar-refractivity contribution in [2.24, 2.45) is 5.73 Å². The van der Waals surface area contributed by atoms with Gasteiger partial charge in [-0.25, -0.2) is 4.98 Å². The van der Waals surface area contributed by atoms with Crippen LogP contribution < -0.4 is 15.2 Å². The van der Waals surface area contributed by atoms with E-state index in [0.29, 0.717) is 18.0 Å². The Bertz CT molecular complexity index is 728. The van der Waals surface area contributed by atoms with Gasteiger partial charge in [0.1, 0.15) is 5.75 Å². The molecule has 6 nitrogen and oxygen atoms in total. The number of aryl methyl sites for hydroxylation is 1. The van der Waals surface area contributed by atoms with Crippen LogP contribution in [0.25, 0.3) is 0 Å². The lowest BCUT2D eigenvalue weighted by Gasteiger charge is -2.12. The Morgan fingerprint density at radius 3 is 2.62 bits per heavy atom. The highest BCUT2D eigenvalue weighted by atomic mass is 32.2. The van der Waals surface area contributed by atoms with Crippen LogP contribution >= 0.6 is 0 Å². The largest absolute Gasteiger partial charge is 0.495 e. The van der Waals surface area contributed by atoms with E-state index in [4.69, 9.17) is 10.5 Å². The zero-order valence-corrected chi connectivity index (χ0v) is 12.6. The minimum atomic E-state index is -3.77. The summed E-state index contributed by atoms with van der Waals surface area (Å²) >= 11 is 0. The highest BCUT2D eigenvalue weighted by Gasteiger charge is 2.18. The molecule has 0 unspecified atom stereocenters. The number of nitrogens with two attached hydrogens (primary N) is 1. The maximum absolute atomic E-state index is 12.3. The molecule has 0 aliphatic carbocycles. The van der Waals surface area contributed by atoms with Gasteiger partial charge in [0.15, 0.2) is 5.03 Å². The van der Waals surface area contributed by atoms with Gasteiger partial charge < -0.3 is 10.5 Å². The number of hydrogen-bond acceptors (Lipinski definition) is 5. The van der Waals surface area contributed by atoms with Gasteiger partial charge in [-0.3, -0.25) is 4.72 Å². The van der Waals surface area contributed by atoms with Crippen LogP contribution in [0.3, 0.4) is 0 Å². The molecule has 2 aromatic rings. The number of methoxy groups -OCH3 is 1. The second-order valence-corrected chi connectivity index (χ2v) is 6.15. The van der Waals surface area contributed by atoms with Crippen molar-refractivity contribution in [2.75, 3.05) is 11.8 Å². The summed E-state index contributed by atoms with van der Waals surface area (Å²) in [5.41, 5.74) is 7.52. The zero-order valence-electron chi connectivity index (χ0n) is 11.8. The summed E-state index contributed by atoms with van der Waals surface area (Å²) in [4.78, 5) is 3.92. The van der Waals surface area contributed by atoms with Crippen molar-refractivity contribution in [1.29, 1.82) is 0 Å². The zero-order chi connectivity index (χ0) is 15.5. The molecule has 0 amide bonds. The molecule has 0 spiro atoms. The fourth-order valence-corrected chi connectivity index (χ4v) is 2.78. The van der Waals surface area contributed by atoms with Crippen molar-refractivity contribution in [3.05, 3.63) is 47.7 Å². The van der Waals surface area contributed by atoms with E-state index in [9.17, 15) is 8.42 Å². The van der Waals surface area contributed by atoms with E-state index in [-0.39, 0.29) is 5.03 Å². The van der Waals surface area contributed by atoms with Crippen LogP contribution in [0.15, 0.2) is 41.6 Å². The van der Waals surface area contributed by atoms with Crippen LogP contribution in [-0.4, -0.2) is 20.5 Å². The predicted octanol–water partition coefficient (Wildman–Crippen LogP) is 1.66. The standard InChI is InChI=1S/C14H17N3O3S/c1-10-3-5-13(20-2)12(7-10)17-21(18,19)14-6-4-11(8-15)9-16-14/h3-7,9,17H,8,15H2,1-2H3. The summed E-state index contributed by atoms with van der Waals surface area (Å²) in [6.07, 6.45) is 1.45. The molecule has 0 aliphatic heterocycles. The lowest BCUT2D eigenvalue weighted by molar-refractivity contribution is 0.417. The highest BCUT2D eigenvalue weighted by Crippen LogP contribution is 2.27. The molecule has 0 atom stereocenters. The van der Waals surface area contributed by atoms with Gasteiger partial charge in [-0.15, -0.1) is 0 Å². The third kappa shape index (κ3) is 3.50. The van der Waals surface area contributed by atoms with Gasteiger partial charge in [0.25, 0.3) is 10.0 Å². The summed E-state index contributed by atoms with van der Waals surface area (Å²) in [7, 11) is -2.29. The summed E-state index contributed by atoms with van der Waals surface area (Å²) in [6, 6.07) is 8.30. The number of ether oxygens (including phenoxy) is 1. The molecule has 2 rings (SSSR count). The van der Waals surface area contributed by atoms with Gasteiger partial charge in [0.05, 0.1) is 12.8 Å². The fraction of sp³-hybridized carbons (Fsp3) is 0.214. The van der Waals surface area contributed by atoms with Crippen molar-refractivity contribution in [3.8, 4) is 5.75 Å². The minimum absolute atomic E-state index is 0.0664. The van der Waals surface area contributed by atoms with Gasteiger partial charge in [-0.1, -0.05) is 12.1 Å². The Balaban J connectivity index is 2.34. The maximum Gasteiger partial charge on any atom is 0.279 e. The molecule has 0 radical (unpaired) electrons. The van der Waals surface area contributed by atoms with Crippen molar-refractivity contribution >= 4 is 15.7 Å². The van der Waals surface area contributed by atoms with Crippen molar-refractivity contribution in [3.63, 3.8) is 0 Å². The van der Waals surface area contributed by atoms with Gasteiger partial charge in [0.2, 0.25) is 0 Å². The second-order valence-electron chi connectivity index (χ2n) is 4.52. The Kier molecular flexibility index (Phi) is 4.44. The fourth-order valence-electron chi connectivity index (χ4n) is 1.79. The molecule has 7 heteroatoms. The van der Waals surface area contributed by atoms with Crippen LogP contribution in [0, 0.1) is 6.92 Å². The van der Waals surface area contributed by atoms with Crippen LogP contribution in [-0.2, 0) is 16.6 Å². The van der Waals surface area contributed by atoms with Gasteiger partial charge in [-0.2, -0.15) is 8.42 Å². The number of benzene rings is 1. The molecule has 0 aliphatic rings. The van der Waals surface area contributed by atoms with Crippen molar-refractivity contribution in [2.45, 2.75) is 18.5 Å². The molecule has 0 saturated heterocycles. The van der Waals surface area contributed by atoms with E-state index in [1.54, 1.807) is 18.2 Å². The lowest BCUT2D eigenvalue weighted by atomic mass is 10.2. The number of anilines is 1. The smallest absolute Gasteiger partial charge is 0.279 e. The summed E-state index contributed by atoms with van der Waals surface area (Å²) < 4.78 is 32.3. The molecule has 1 aromatic heterocycles. The number of nitrogens with one attached hydrogen (secondary N) is 1. The Morgan fingerprint density at radius 2 is 2.05 bits per heavy atom. The van der Waals surface area contributed by atoms with Crippen LogP contribution in [0.2, 0.25) is 0 Å². The first-order valence-corrected chi connectivity index (χ1v) is 7.77. The number of sulfonamides is 1. The minimum Gasteiger partial charge on any atom is -0.495 e. The SMILES string of the molecule is COc1ccc(C)cc1NS(=O)(=O)c1ccc(CN)cn1. The quantitative estimate of drug-likeness (QED) is 0.876. The normalized spacial score (nSPS) is 11.2. The molecule has 0 fully saturated rings. The molecule has 0 bridgehead atoms. The highest BCUT2D eigenvalue weighted by molar-refractivity contribution is 7.92. The number of nitrogens with zero attached hydrogens (tertiary/aromatic N) is 1. The van der Waals surface area contributed by atoms with Crippen LogP contribution in [0.4, 0.5) is 5.69 Å². The third-order valence-corrected chi connectivity index (χ3v) is 4.19. The Morgan fingerprint density at radius 1 is 1.29 bits per heavy atom. The van der Waals surface area contributed by atoms with Crippen molar-refractivity contribution in [1.82, 2.24) is 4.98 Å². The Hall–Kier alpha value is -2.12. The maximum atomic E-state index is 12.3. The van der Waals surface area contributed by atoms with Gasteiger partial charge in [0, 0.05) is 12.7 Å². The summed E-state index contributed by atoms with van der Waals surface area (Å²) in [5, 5.41) is -0.0664. The predicted molar refractivity (Wildman–Crippen MR) is 80.7 cm³/mol. The first-order chi connectivity index (χ1) is 9.96. The number of pyridine rings is 1. The average molecular weight is 307 g/mol. The molecular weight excluding hydrogens is 290 g/mol. The Labute approximate surface area is 124 Å². The molecule has 1 aromatic carbocycles. The summed E-state index contributed by atoms with van der Waals surface area (Å²) in [5.74, 6) is 0.447. The third-order valence-electron chi connectivity index (χ3n) is 2.91. The van der Waals surface area contributed by atoms with Gasteiger partial charge >= 0.3 is 0 Å².